The molecule has 36 heavy (non-hydrogen) atoms. The van der Waals surface area contributed by atoms with E-state index >= 15 is 0 Å². The number of hydrogen-bond acceptors (Lipinski definition) is 5. The normalized spacial score (nSPS) is 17.4. The molecule has 2 aliphatic rings. The first-order chi connectivity index (χ1) is 17.6. The van der Waals surface area contributed by atoms with E-state index < -0.39 is 0 Å². The molecule has 7 heteroatoms. The molecule has 1 fully saturated rings. The maximum atomic E-state index is 13.6. The van der Waals surface area contributed by atoms with Crippen molar-refractivity contribution in [2.75, 3.05) is 13.1 Å². The average molecular weight is 502 g/mol. The van der Waals surface area contributed by atoms with E-state index in [9.17, 15) is 9.59 Å². The van der Waals surface area contributed by atoms with Crippen LogP contribution in [0.2, 0.25) is 0 Å². The Bertz CT molecular complexity index is 1230. The summed E-state index contributed by atoms with van der Waals surface area (Å²) in [6.45, 7) is 5.02. The van der Waals surface area contributed by atoms with E-state index in [4.69, 9.17) is 4.74 Å². The number of fused-ring (bicyclic) bond motifs is 1. The fraction of sp³-hybridized carbons (Fsp3) is 0.345. The van der Waals surface area contributed by atoms with Gasteiger partial charge in [0.05, 0.1) is 6.04 Å². The Hall–Kier alpha value is -3.45. The highest BCUT2D eigenvalue weighted by Crippen LogP contribution is 2.39. The summed E-state index contributed by atoms with van der Waals surface area (Å²) in [4.78, 5) is 32.2. The van der Waals surface area contributed by atoms with Crippen LogP contribution in [-0.2, 0) is 17.8 Å². The van der Waals surface area contributed by atoms with Crippen LogP contribution in [0.1, 0.15) is 63.9 Å². The zero-order valence-corrected chi connectivity index (χ0v) is 21.1. The van der Waals surface area contributed by atoms with Gasteiger partial charge >= 0.3 is 0 Å². The van der Waals surface area contributed by atoms with E-state index in [0.29, 0.717) is 12.2 Å². The van der Waals surface area contributed by atoms with Gasteiger partial charge in [-0.15, -0.1) is 17.9 Å². The highest BCUT2D eigenvalue weighted by molar-refractivity contribution is 7.09. The number of benzene rings is 2. The van der Waals surface area contributed by atoms with E-state index in [0.717, 1.165) is 60.5 Å². The van der Waals surface area contributed by atoms with Gasteiger partial charge in [0.2, 0.25) is 5.91 Å². The molecule has 5 rings (SSSR count). The summed E-state index contributed by atoms with van der Waals surface area (Å²) in [5.41, 5.74) is 3.88. The van der Waals surface area contributed by atoms with Crippen molar-refractivity contribution >= 4 is 23.2 Å². The lowest BCUT2D eigenvalue weighted by Gasteiger charge is -2.39. The fourth-order valence-electron chi connectivity index (χ4n) is 5.20. The summed E-state index contributed by atoms with van der Waals surface area (Å²) < 4.78 is 6.11. The lowest BCUT2D eigenvalue weighted by Crippen LogP contribution is -2.43. The van der Waals surface area contributed by atoms with Crippen LogP contribution < -0.4 is 10.1 Å². The quantitative estimate of drug-likeness (QED) is 0.425. The van der Waals surface area contributed by atoms with E-state index in [1.54, 1.807) is 11.5 Å². The molecule has 1 unspecified atom stereocenters. The summed E-state index contributed by atoms with van der Waals surface area (Å²) in [6, 6.07) is 16.4. The van der Waals surface area contributed by atoms with Gasteiger partial charge in [-0.2, -0.15) is 0 Å². The summed E-state index contributed by atoms with van der Waals surface area (Å²) >= 11 is 1.40. The Balaban J connectivity index is 1.37. The Morgan fingerprint density at radius 3 is 2.75 bits per heavy atom. The molecule has 6 nitrogen and oxygen atoms in total. The predicted octanol–water partition coefficient (Wildman–Crippen LogP) is 5.30. The molecule has 2 heterocycles. The molecular weight excluding hydrogens is 470 g/mol. The molecule has 0 spiro atoms. The van der Waals surface area contributed by atoms with Crippen LogP contribution in [0.4, 0.5) is 0 Å². The van der Waals surface area contributed by atoms with E-state index in [1.807, 2.05) is 24.3 Å². The van der Waals surface area contributed by atoms with E-state index in [2.05, 4.69) is 46.0 Å². The first-order valence-electron chi connectivity index (χ1n) is 12.6. The number of carbonyl (C=O) groups is 2. The molecular formula is C29H31N3O3S. The second-order valence-electron chi connectivity index (χ2n) is 9.35. The standard InChI is InChI=1S/C29H31N3O3S/c1-2-15-30-28(33)25-19-36-26(31-25)18-35-23-13-12-20-14-16-32(29(34)22-10-6-7-11-22)27(24(20)17-23)21-8-4-3-5-9-21/h2-5,8-9,12-13,17,19,22,27H,1,6-7,10-11,14-16,18H2,(H,30,33). The molecule has 1 saturated carbocycles. The van der Waals surface area contributed by atoms with Crippen molar-refractivity contribution in [1.29, 1.82) is 0 Å². The van der Waals surface area contributed by atoms with Gasteiger partial charge in [-0.05, 0) is 48.1 Å². The van der Waals surface area contributed by atoms with Crippen LogP contribution in [0.5, 0.6) is 5.75 Å². The minimum atomic E-state index is -0.219. The third-order valence-corrected chi connectivity index (χ3v) is 7.82. The maximum absolute atomic E-state index is 13.6. The zero-order chi connectivity index (χ0) is 24.9. The van der Waals surface area contributed by atoms with E-state index in [-0.39, 0.29) is 30.4 Å². The molecule has 1 aliphatic carbocycles. The summed E-state index contributed by atoms with van der Waals surface area (Å²) in [5.74, 6) is 0.935. The van der Waals surface area contributed by atoms with Crippen molar-refractivity contribution in [1.82, 2.24) is 15.2 Å². The smallest absolute Gasteiger partial charge is 0.271 e. The second-order valence-corrected chi connectivity index (χ2v) is 10.3. The number of amides is 2. The number of hydrogen-bond donors (Lipinski definition) is 1. The number of aromatic nitrogens is 1. The van der Waals surface area contributed by atoms with Gasteiger partial charge in [0, 0.05) is 24.4 Å². The van der Waals surface area contributed by atoms with Crippen molar-refractivity contribution in [3.8, 4) is 5.75 Å². The van der Waals surface area contributed by atoms with Crippen molar-refractivity contribution in [2.24, 2.45) is 5.92 Å². The lowest BCUT2D eigenvalue weighted by molar-refractivity contribution is -0.137. The highest BCUT2D eigenvalue weighted by Gasteiger charge is 2.36. The number of carbonyl (C=O) groups excluding carboxylic acids is 2. The minimum Gasteiger partial charge on any atom is -0.486 e. The number of rotatable bonds is 8. The molecule has 0 radical (unpaired) electrons. The average Bonchev–Trinajstić information content (AvgIpc) is 3.63. The van der Waals surface area contributed by atoms with Crippen LogP contribution >= 0.6 is 11.3 Å². The highest BCUT2D eigenvalue weighted by atomic mass is 32.1. The Morgan fingerprint density at radius 1 is 1.17 bits per heavy atom. The van der Waals surface area contributed by atoms with Gasteiger partial charge in [-0.3, -0.25) is 9.59 Å². The zero-order valence-electron chi connectivity index (χ0n) is 20.3. The predicted molar refractivity (Wildman–Crippen MR) is 141 cm³/mol. The number of nitrogens with zero attached hydrogens (tertiary/aromatic N) is 2. The molecule has 2 aromatic carbocycles. The molecule has 1 aromatic heterocycles. The Morgan fingerprint density at radius 2 is 1.97 bits per heavy atom. The molecule has 1 N–H and O–H groups in total. The van der Waals surface area contributed by atoms with Gasteiger partial charge in [0.1, 0.15) is 23.1 Å². The molecule has 186 valence electrons. The summed E-state index contributed by atoms with van der Waals surface area (Å²) in [5, 5.41) is 5.21. The topological polar surface area (TPSA) is 71.5 Å². The molecule has 1 aliphatic heterocycles. The summed E-state index contributed by atoms with van der Waals surface area (Å²) in [6.07, 6.45) is 6.75. The largest absolute Gasteiger partial charge is 0.486 e. The van der Waals surface area contributed by atoms with Crippen LogP contribution in [0, 0.1) is 5.92 Å². The number of thiazole rings is 1. The molecule has 3 aromatic rings. The van der Waals surface area contributed by atoms with Crippen LogP contribution in [-0.4, -0.2) is 34.8 Å². The van der Waals surface area contributed by atoms with Crippen molar-refractivity contribution in [3.63, 3.8) is 0 Å². The number of nitrogens with one attached hydrogen (secondary N) is 1. The molecule has 0 bridgehead atoms. The van der Waals surface area contributed by atoms with Crippen molar-refractivity contribution in [2.45, 2.75) is 44.8 Å². The van der Waals surface area contributed by atoms with Crippen LogP contribution in [0.3, 0.4) is 0 Å². The third kappa shape index (κ3) is 5.21. The number of ether oxygens (including phenoxy) is 1. The van der Waals surface area contributed by atoms with E-state index in [1.165, 1.54) is 16.9 Å². The van der Waals surface area contributed by atoms with Crippen LogP contribution in [0.25, 0.3) is 0 Å². The SMILES string of the molecule is C=CCNC(=O)c1csc(COc2ccc3c(c2)C(c2ccccc2)N(C(=O)C2CCCC2)CC3)n1. The van der Waals surface area contributed by atoms with Gasteiger partial charge in [0.25, 0.3) is 5.91 Å². The Kier molecular flexibility index (Phi) is 7.47. The van der Waals surface area contributed by atoms with Crippen molar-refractivity contribution in [3.05, 3.63) is 94.0 Å². The summed E-state index contributed by atoms with van der Waals surface area (Å²) in [7, 11) is 0. The van der Waals surface area contributed by atoms with Gasteiger partial charge in [0.15, 0.2) is 0 Å². The molecule has 0 saturated heterocycles. The molecule has 2 amide bonds. The van der Waals surface area contributed by atoms with Gasteiger partial charge < -0.3 is 15.0 Å². The van der Waals surface area contributed by atoms with Crippen LogP contribution in [0.15, 0.2) is 66.6 Å². The first kappa shape index (κ1) is 24.3. The first-order valence-corrected chi connectivity index (χ1v) is 13.5. The second kappa shape index (κ2) is 11.1. The third-order valence-electron chi connectivity index (χ3n) is 7.00. The fourth-order valence-corrected chi connectivity index (χ4v) is 5.89. The van der Waals surface area contributed by atoms with Gasteiger partial charge in [-0.1, -0.05) is 55.3 Å². The lowest BCUT2D eigenvalue weighted by atomic mass is 9.87. The monoisotopic (exact) mass is 501 g/mol. The Labute approximate surface area is 216 Å². The maximum Gasteiger partial charge on any atom is 0.271 e. The van der Waals surface area contributed by atoms with Crippen molar-refractivity contribution < 1.29 is 14.3 Å². The van der Waals surface area contributed by atoms with Gasteiger partial charge in [-0.25, -0.2) is 4.98 Å². The molecule has 1 atom stereocenters. The minimum absolute atomic E-state index is 0.119.